The molecule has 0 unspecified atom stereocenters. The zero-order valence-electron chi connectivity index (χ0n) is 19.0. The van der Waals surface area contributed by atoms with E-state index in [-0.39, 0.29) is 40.8 Å². The number of sulfonamides is 1. The van der Waals surface area contributed by atoms with Gasteiger partial charge >= 0.3 is 5.97 Å². The second kappa shape index (κ2) is 12.0. The standard InChI is InChI=1S/C21H34N4O4S.HI/c1-6-29-19(26)16-11-13-25(14-12-16)20(22-5)23-15-17-9-7-8-10-18(17)30(27,28)24-21(2,3)4;/h7-10,16,24H,6,11-15H2,1-5H3,(H,22,23);1H. The highest BCUT2D eigenvalue weighted by atomic mass is 127. The fraction of sp³-hybridized carbons (Fsp3) is 0.619. The fourth-order valence-electron chi connectivity index (χ4n) is 3.46. The number of halogens is 1. The molecule has 2 rings (SSSR count). The van der Waals surface area contributed by atoms with Crippen LogP contribution < -0.4 is 10.0 Å². The zero-order chi connectivity index (χ0) is 22.4. The summed E-state index contributed by atoms with van der Waals surface area (Å²) in [6, 6.07) is 6.94. The second-order valence-electron chi connectivity index (χ2n) is 8.38. The van der Waals surface area contributed by atoms with Crippen LogP contribution in [0.25, 0.3) is 0 Å². The molecular formula is C21H35IN4O4S. The molecule has 1 aliphatic rings. The van der Waals surface area contributed by atoms with Crippen molar-refractivity contribution in [3.8, 4) is 0 Å². The molecule has 0 saturated carbocycles. The van der Waals surface area contributed by atoms with Gasteiger partial charge in [-0.05, 0) is 52.2 Å². The predicted octanol–water partition coefficient (Wildman–Crippen LogP) is 2.73. The highest BCUT2D eigenvalue weighted by Gasteiger charge is 2.28. The minimum Gasteiger partial charge on any atom is -0.466 e. The average Bonchev–Trinajstić information content (AvgIpc) is 2.67. The van der Waals surface area contributed by atoms with Gasteiger partial charge in [0.25, 0.3) is 0 Å². The molecule has 1 aromatic carbocycles. The van der Waals surface area contributed by atoms with Crippen molar-refractivity contribution < 1.29 is 17.9 Å². The first-order valence-corrected chi connectivity index (χ1v) is 11.8. The van der Waals surface area contributed by atoms with Crippen molar-refractivity contribution >= 4 is 45.9 Å². The minimum atomic E-state index is -3.65. The smallest absolute Gasteiger partial charge is 0.309 e. The van der Waals surface area contributed by atoms with Crippen molar-refractivity contribution in [2.75, 3.05) is 26.7 Å². The molecule has 1 fully saturated rings. The van der Waals surface area contributed by atoms with Crippen molar-refractivity contribution in [3.05, 3.63) is 29.8 Å². The van der Waals surface area contributed by atoms with Gasteiger partial charge in [-0.25, -0.2) is 13.1 Å². The van der Waals surface area contributed by atoms with Gasteiger partial charge < -0.3 is 15.0 Å². The van der Waals surface area contributed by atoms with E-state index in [1.165, 1.54) is 0 Å². The molecule has 0 spiro atoms. The van der Waals surface area contributed by atoms with Crippen molar-refractivity contribution in [2.24, 2.45) is 10.9 Å². The van der Waals surface area contributed by atoms with Crippen molar-refractivity contribution in [1.82, 2.24) is 14.9 Å². The minimum absolute atomic E-state index is 0. The van der Waals surface area contributed by atoms with Crippen LogP contribution in [0.3, 0.4) is 0 Å². The molecule has 0 aromatic heterocycles. The van der Waals surface area contributed by atoms with Crippen LogP contribution in [-0.2, 0) is 26.1 Å². The Hall–Kier alpha value is -1.40. The average molecular weight is 567 g/mol. The first-order valence-electron chi connectivity index (χ1n) is 10.3. The first kappa shape index (κ1) is 27.6. The van der Waals surface area contributed by atoms with Gasteiger partial charge in [0, 0.05) is 32.2 Å². The topological polar surface area (TPSA) is 100 Å². The number of aliphatic imine (C=N–C) groups is 1. The predicted molar refractivity (Wildman–Crippen MR) is 133 cm³/mol. The molecule has 1 saturated heterocycles. The number of nitrogens with zero attached hydrogens (tertiary/aromatic N) is 2. The number of hydrogen-bond donors (Lipinski definition) is 2. The third kappa shape index (κ3) is 8.23. The zero-order valence-corrected chi connectivity index (χ0v) is 22.1. The third-order valence-electron chi connectivity index (χ3n) is 4.77. The number of carbonyl (C=O) groups excluding carboxylic acids is 1. The van der Waals surface area contributed by atoms with Crippen LogP contribution in [0.5, 0.6) is 0 Å². The largest absolute Gasteiger partial charge is 0.466 e. The number of benzene rings is 1. The molecule has 1 aromatic rings. The maximum absolute atomic E-state index is 12.8. The van der Waals surface area contributed by atoms with E-state index in [0.717, 1.165) is 0 Å². The van der Waals surface area contributed by atoms with Gasteiger partial charge in [-0.1, -0.05) is 18.2 Å². The third-order valence-corrected chi connectivity index (χ3v) is 6.62. The maximum Gasteiger partial charge on any atom is 0.309 e. The molecule has 1 heterocycles. The molecule has 31 heavy (non-hydrogen) atoms. The van der Waals surface area contributed by atoms with Gasteiger partial charge in [-0.15, -0.1) is 24.0 Å². The van der Waals surface area contributed by atoms with E-state index >= 15 is 0 Å². The van der Waals surface area contributed by atoms with Gasteiger partial charge in [-0.2, -0.15) is 0 Å². The summed E-state index contributed by atoms with van der Waals surface area (Å²) >= 11 is 0. The van der Waals surface area contributed by atoms with Gasteiger partial charge in [0.05, 0.1) is 17.4 Å². The number of rotatable bonds is 6. The van der Waals surface area contributed by atoms with E-state index in [9.17, 15) is 13.2 Å². The molecule has 8 nitrogen and oxygen atoms in total. The van der Waals surface area contributed by atoms with Gasteiger partial charge in [0.1, 0.15) is 0 Å². The Balaban J connectivity index is 0.00000480. The van der Waals surface area contributed by atoms with Crippen molar-refractivity contribution in [3.63, 3.8) is 0 Å². The Kier molecular flexibility index (Phi) is 10.7. The highest BCUT2D eigenvalue weighted by molar-refractivity contribution is 14.0. The summed E-state index contributed by atoms with van der Waals surface area (Å²) in [4.78, 5) is 18.6. The maximum atomic E-state index is 12.8. The summed E-state index contributed by atoms with van der Waals surface area (Å²) in [7, 11) is -1.95. The van der Waals surface area contributed by atoms with Crippen LogP contribution in [0.1, 0.15) is 46.1 Å². The number of likely N-dealkylation sites (tertiary alicyclic amines) is 1. The van der Waals surface area contributed by atoms with Crippen LogP contribution in [0, 0.1) is 5.92 Å². The summed E-state index contributed by atoms with van der Waals surface area (Å²) in [5, 5.41) is 3.27. The van der Waals surface area contributed by atoms with Gasteiger partial charge in [0.2, 0.25) is 10.0 Å². The molecule has 176 valence electrons. The Morgan fingerprint density at radius 3 is 2.39 bits per heavy atom. The number of ether oxygens (including phenoxy) is 1. The quantitative estimate of drug-likeness (QED) is 0.238. The number of piperidine rings is 1. The Morgan fingerprint density at radius 1 is 1.23 bits per heavy atom. The second-order valence-corrected chi connectivity index (χ2v) is 10.0. The van der Waals surface area contributed by atoms with E-state index in [0.29, 0.717) is 50.6 Å². The Bertz CT molecular complexity index is 860. The lowest BCUT2D eigenvalue weighted by molar-refractivity contribution is -0.149. The summed E-state index contributed by atoms with van der Waals surface area (Å²) in [5.74, 6) is 0.479. The lowest BCUT2D eigenvalue weighted by Crippen LogP contribution is -2.46. The van der Waals surface area contributed by atoms with E-state index in [4.69, 9.17) is 4.74 Å². The Labute approximate surface area is 203 Å². The number of carbonyl (C=O) groups is 1. The number of guanidine groups is 1. The van der Waals surface area contributed by atoms with E-state index in [1.807, 2.05) is 33.8 Å². The molecule has 0 radical (unpaired) electrons. The summed E-state index contributed by atoms with van der Waals surface area (Å²) < 4.78 is 33.5. The summed E-state index contributed by atoms with van der Waals surface area (Å²) in [6.45, 7) is 9.35. The number of hydrogen-bond acceptors (Lipinski definition) is 5. The Morgan fingerprint density at radius 2 is 1.84 bits per heavy atom. The lowest BCUT2D eigenvalue weighted by Gasteiger charge is -2.33. The molecule has 10 heteroatoms. The van der Waals surface area contributed by atoms with Crippen molar-refractivity contribution in [2.45, 2.75) is 57.5 Å². The van der Waals surface area contributed by atoms with Crippen molar-refractivity contribution in [1.29, 1.82) is 0 Å². The van der Waals surface area contributed by atoms with E-state index < -0.39 is 15.6 Å². The SMILES string of the molecule is CCOC(=O)C1CCN(C(=NC)NCc2ccccc2S(=O)(=O)NC(C)(C)C)CC1.I. The van der Waals surface area contributed by atoms with Crippen LogP contribution in [0.2, 0.25) is 0 Å². The normalized spacial score (nSPS) is 15.9. The van der Waals surface area contributed by atoms with E-state index in [1.54, 1.807) is 25.2 Å². The fourth-order valence-corrected chi connectivity index (χ4v) is 5.12. The molecule has 0 bridgehead atoms. The van der Waals surface area contributed by atoms with E-state index in [2.05, 4.69) is 19.9 Å². The molecule has 2 N–H and O–H groups in total. The van der Waals surface area contributed by atoms with Crippen LogP contribution >= 0.6 is 24.0 Å². The molecule has 1 aliphatic heterocycles. The number of esters is 1. The van der Waals surface area contributed by atoms with Crippen LogP contribution in [-0.4, -0.2) is 57.5 Å². The summed E-state index contributed by atoms with van der Waals surface area (Å²) in [6.07, 6.45) is 1.42. The molecule has 0 atom stereocenters. The van der Waals surface area contributed by atoms with Gasteiger partial charge in [-0.3, -0.25) is 9.79 Å². The monoisotopic (exact) mass is 566 g/mol. The molecule has 0 amide bonds. The molecular weight excluding hydrogens is 531 g/mol. The first-order chi connectivity index (χ1) is 14.1. The van der Waals surface area contributed by atoms with Crippen LogP contribution in [0.15, 0.2) is 34.2 Å². The van der Waals surface area contributed by atoms with Crippen LogP contribution in [0.4, 0.5) is 0 Å². The highest BCUT2D eigenvalue weighted by Crippen LogP contribution is 2.20. The van der Waals surface area contributed by atoms with Gasteiger partial charge in [0.15, 0.2) is 5.96 Å². The lowest BCUT2D eigenvalue weighted by atomic mass is 9.97. The summed E-state index contributed by atoms with van der Waals surface area (Å²) in [5.41, 5.74) is 0.0930. The number of nitrogens with one attached hydrogen (secondary N) is 2. The molecule has 0 aliphatic carbocycles.